The monoisotopic (exact) mass is 408 g/mol. The topological polar surface area (TPSA) is 66.5 Å². The standard InChI is InChI=1S/C18H11ClF2N2O3S/c19-13-8-12(5-6-14(13)21)22-16(24)9-23-17(25)15(27-18(23)26)7-10-1-3-11(20)4-2-10/h1-8H,9H2,(H,22,24)/b15-7+. The number of amides is 3. The molecule has 2 aromatic carbocycles. The maximum absolute atomic E-state index is 13.1. The van der Waals surface area contributed by atoms with E-state index in [1.165, 1.54) is 42.5 Å². The molecule has 3 amide bonds. The van der Waals surface area contributed by atoms with E-state index in [0.717, 1.165) is 11.0 Å². The van der Waals surface area contributed by atoms with Gasteiger partial charge in [0.1, 0.15) is 18.2 Å². The predicted molar refractivity (Wildman–Crippen MR) is 99.1 cm³/mol. The molecular formula is C18H11ClF2N2O3S. The number of imide groups is 1. The fraction of sp³-hybridized carbons (Fsp3) is 0.0556. The van der Waals surface area contributed by atoms with Crippen molar-refractivity contribution in [2.24, 2.45) is 0 Å². The Kier molecular flexibility index (Phi) is 5.57. The maximum atomic E-state index is 13.1. The Morgan fingerprint density at radius 1 is 1.15 bits per heavy atom. The quantitative estimate of drug-likeness (QED) is 0.766. The fourth-order valence-corrected chi connectivity index (χ4v) is 3.28. The van der Waals surface area contributed by atoms with Gasteiger partial charge in [0.15, 0.2) is 0 Å². The largest absolute Gasteiger partial charge is 0.324 e. The summed E-state index contributed by atoms with van der Waals surface area (Å²) in [4.78, 5) is 37.4. The van der Waals surface area contributed by atoms with E-state index in [1.54, 1.807) is 0 Å². The molecule has 5 nitrogen and oxygen atoms in total. The second kappa shape index (κ2) is 7.89. The Labute approximate surface area is 162 Å². The number of halogens is 3. The summed E-state index contributed by atoms with van der Waals surface area (Å²) in [5, 5.41) is 1.68. The molecule has 0 spiro atoms. The number of hydrogen-bond donors (Lipinski definition) is 1. The van der Waals surface area contributed by atoms with E-state index in [1.807, 2.05) is 0 Å². The van der Waals surface area contributed by atoms with E-state index >= 15 is 0 Å². The number of carbonyl (C=O) groups is 3. The molecule has 1 heterocycles. The fourth-order valence-electron chi connectivity index (χ4n) is 2.26. The van der Waals surface area contributed by atoms with Crippen LogP contribution in [0.25, 0.3) is 6.08 Å². The third kappa shape index (κ3) is 4.53. The minimum atomic E-state index is -0.636. The number of nitrogens with one attached hydrogen (secondary N) is 1. The summed E-state index contributed by atoms with van der Waals surface area (Å²) in [6, 6.07) is 9.01. The highest BCUT2D eigenvalue weighted by Crippen LogP contribution is 2.32. The van der Waals surface area contributed by atoms with Crippen molar-refractivity contribution in [1.29, 1.82) is 0 Å². The molecule has 9 heteroatoms. The molecular weight excluding hydrogens is 398 g/mol. The Morgan fingerprint density at radius 2 is 1.85 bits per heavy atom. The van der Waals surface area contributed by atoms with Crippen LogP contribution < -0.4 is 5.32 Å². The van der Waals surface area contributed by atoms with E-state index in [4.69, 9.17) is 11.6 Å². The lowest BCUT2D eigenvalue weighted by molar-refractivity contribution is -0.127. The van der Waals surface area contributed by atoms with Crippen LogP contribution in [0.1, 0.15) is 5.56 Å². The predicted octanol–water partition coefficient (Wildman–Crippen LogP) is 4.29. The van der Waals surface area contributed by atoms with Gasteiger partial charge >= 0.3 is 0 Å². The molecule has 2 aromatic rings. The third-order valence-electron chi connectivity index (χ3n) is 3.55. The summed E-state index contributed by atoms with van der Waals surface area (Å²) in [5.74, 6) is -2.31. The van der Waals surface area contributed by atoms with Crippen LogP contribution in [-0.2, 0) is 9.59 Å². The van der Waals surface area contributed by atoms with Gasteiger partial charge in [-0.1, -0.05) is 23.7 Å². The number of rotatable bonds is 4. The van der Waals surface area contributed by atoms with Crippen LogP contribution in [0.2, 0.25) is 5.02 Å². The summed E-state index contributed by atoms with van der Waals surface area (Å²) < 4.78 is 26.1. The Balaban J connectivity index is 1.68. The molecule has 1 fully saturated rings. The molecule has 0 radical (unpaired) electrons. The summed E-state index contributed by atoms with van der Waals surface area (Å²) >= 11 is 6.33. The SMILES string of the molecule is O=C(CN1C(=O)S/C(=C/c2ccc(F)cc2)C1=O)Nc1ccc(F)c(Cl)c1. The number of carbonyl (C=O) groups excluding carboxylic acids is 3. The van der Waals surface area contributed by atoms with E-state index in [9.17, 15) is 23.2 Å². The third-order valence-corrected chi connectivity index (χ3v) is 4.74. The zero-order valence-electron chi connectivity index (χ0n) is 13.5. The van der Waals surface area contributed by atoms with Gasteiger partial charge in [-0.2, -0.15) is 0 Å². The van der Waals surface area contributed by atoms with Crippen molar-refractivity contribution < 1.29 is 23.2 Å². The number of benzene rings is 2. The molecule has 0 aromatic heterocycles. The van der Waals surface area contributed by atoms with Crippen molar-refractivity contribution in [3.05, 3.63) is 69.6 Å². The van der Waals surface area contributed by atoms with Gasteiger partial charge in [-0.15, -0.1) is 0 Å². The molecule has 0 saturated carbocycles. The number of thioether (sulfide) groups is 1. The summed E-state index contributed by atoms with van der Waals surface area (Å²) in [7, 11) is 0. The van der Waals surface area contributed by atoms with Crippen molar-refractivity contribution in [1.82, 2.24) is 4.90 Å². The van der Waals surface area contributed by atoms with Gasteiger partial charge < -0.3 is 5.32 Å². The number of hydrogen-bond acceptors (Lipinski definition) is 4. The average molecular weight is 409 g/mol. The molecule has 1 saturated heterocycles. The molecule has 3 rings (SSSR count). The minimum Gasteiger partial charge on any atom is -0.324 e. The van der Waals surface area contributed by atoms with E-state index in [0.29, 0.717) is 17.3 Å². The highest BCUT2D eigenvalue weighted by molar-refractivity contribution is 8.18. The second-order valence-electron chi connectivity index (χ2n) is 5.50. The van der Waals surface area contributed by atoms with Gasteiger partial charge in [-0.25, -0.2) is 8.78 Å². The van der Waals surface area contributed by atoms with Gasteiger partial charge in [-0.05, 0) is 53.7 Å². The first kappa shape index (κ1) is 19.1. The molecule has 27 heavy (non-hydrogen) atoms. The molecule has 1 aliphatic rings. The van der Waals surface area contributed by atoms with Gasteiger partial charge in [0, 0.05) is 5.69 Å². The maximum Gasteiger partial charge on any atom is 0.294 e. The van der Waals surface area contributed by atoms with Crippen molar-refractivity contribution in [2.45, 2.75) is 0 Å². The highest BCUT2D eigenvalue weighted by atomic mass is 35.5. The zero-order chi connectivity index (χ0) is 19.6. The molecule has 138 valence electrons. The molecule has 0 atom stereocenters. The average Bonchev–Trinajstić information content (AvgIpc) is 2.87. The minimum absolute atomic E-state index is 0.129. The van der Waals surface area contributed by atoms with Crippen LogP contribution in [0.5, 0.6) is 0 Å². The molecule has 1 aliphatic heterocycles. The number of nitrogens with zero attached hydrogens (tertiary/aromatic N) is 1. The van der Waals surface area contributed by atoms with Gasteiger partial charge in [0.05, 0.1) is 9.93 Å². The summed E-state index contributed by atoms with van der Waals surface area (Å²) in [5.41, 5.74) is 0.785. The van der Waals surface area contributed by atoms with Crippen molar-refractivity contribution in [3.63, 3.8) is 0 Å². The van der Waals surface area contributed by atoms with Gasteiger partial charge in [-0.3, -0.25) is 19.3 Å². The first-order chi connectivity index (χ1) is 12.8. The second-order valence-corrected chi connectivity index (χ2v) is 6.90. The van der Waals surface area contributed by atoms with Gasteiger partial charge in [0.25, 0.3) is 11.1 Å². The van der Waals surface area contributed by atoms with Crippen molar-refractivity contribution in [3.8, 4) is 0 Å². The lowest BCUT2D eigenvalue weighted by Gasteiger charge is -2.12. The van der Waals surface area contributed by atoms with Crippen molar-refractivity contribution in [2.75, 3.05) is 11.9 Å². The summed E-state index contributed by atoms with van der Waals surface area (Å²) in [6.07, 6.45) is 1.45. The Hall–Kier alpha value is -2.71. The van der Waals surface area contributed by atoms with Crippen molar-refractivity contribution >= 4 is 52.2 Å². The normalized spacial score (nSPS) is 15.5. The first-order valence-corrected chi connectivity index (χ1v) is 8.79. The lowest BCUT2D eigenvalue weighted by Crippen LogP contribution is -2.36. The van der Waals surface area contributed by atoms with Crippen LogP contribution in [-0.4, -0.2) is 28.5 Å². The van der Waals surface area contributed by atoms with Crippen LogP contribution in [0, 0.1) is 11.6 Å². The first-order valence-electron chi connectivity index (χ1n) is 7.59. The van der Waals surface area contributed by atoms with E-state index in [2.05, 4.69) is 5.32 Å². The lowest BCUT2D eigenvalue weighted by atomic mass is 10.2. The Bertz CT molecular complexity index is 964. The molecule has 1 N–H and O–H groups in total. The van der Waals surface area contributed by atoms with Gasteiger partial charge in [0.2, 0.25) is 5.91 Å². The van der Waals surface area contributed by atoms with Crippen LogP contribution in [0.3, 0.4) is 0 Å². The molecule has 0 bridgehead atoms. The van der Waals surface area contributed by atoms with Crippen LogP contribution in [0.15, 0.2) is 47.4 Å². The van der Waals surface area contributed by atoms with E-state index < -0.39 is 35.2 Å². The smallest absolute Gasteiger partial charge is 0.294 e. The van der Waals surface area contributed by atoms with E-state index in [-0.39, 0.29) is 15.6 Å². The van der Waals surface area contributed by atoms with Crippen LogP contribution in [0.4, 0.5) is 19.3 Å². The number of anilines is 1. The Morgan fingerprint density at radius 3 is 2.52 bits per heavy atom. The molecule has 0 unspecified atom stereocenters. The zero-order valence-corrected chi connectivity index (χ0v) is 15.1. The van der Waals surface area contributed by atoms with Crippen LogP contribution >= 0.6 is 23.4 Å². The molecule has 0 aliphatic carbocycles. The highest BCUT2D eigenvalue weighted by Gasteiger charge is 2.36. The summed E-state index contributed by atoms with van der Waals surface area (Å²) in [6.45, 7) is -0.500.